The molecule has 1 N–H and O–H groups in total. The SMILES string of the molecule is COc1ccccc1-c1c[nH]c2ncc(-c3ccc(Cl)c(C(=O)N(C)C)c3)cc12. The van der Waals surface area contributed by atoms with Gasteiger partial charge < -0.3 is 14.6 Å². The van der Waals surface area contributed by atoms with E-state index in [1.165, 1.54) is 4.90 Å². The van der Waals surface area contributed by atoms with E-state index in [2.05, 4.69) is 16.0 Å². The number of halogens is 1. The van der Waals surface area contributed by atoms with Crippen molar-refractivity contribution in [1.29, 1.82) is 0 Å². The van der Waals surface area contributed by atoms with Gasteiger partial charge in [0, 0.05) is 48.6 Å². The van der Waals surface area contributed by atoms with Crippen molar-refractivity contribution in [3.8, 4) is 28.0 Å². The summed E-state index contributed by atoms with van der Waals surface area (Å²) in [7, 11) is 5.07. The molecular formula is C23H20ClN3O2. The first-order valence-electron chi connectivity index (χ1n) is 9.11. The van der Waals surface area contributed by atoms with E-state index in [9.17, 15) is 4.79 Å². The first-order chi connectivity index (χ1) is 14.0. The molecular weight excluding hydrogens is 386 g/mol. The number of carbonyl (C=O) groups excluding carboxylic acids is 1. The zero-order chi connectivity index (χ0) is 20.5. The van der Waals surface area contributed by atoms with Crippen LogP contribution in [-0.2, 0) is 0 Å². The van der Waals surface area contributed by atoms with Crippen LogP contribution < -0.4 is 4.74 Å². The van der Waals surface area contributed by atoms with Crippen LogP contribution >= 0.6 is 11.6 Å². The molecule has 0 saturated heterocycles. The van der Waals surface area contributed by atoms with Gasteiger partial charge >= 0.3 is 0 Å². The maximum Gasteiger partial charge on any atom is 0.254 e. The van der Waals surface area contributed by atoms with Crippen molar-refractivity contribution >= 4 is 28.5 Å². The Balaban J connectivity index is 1.85. The monoisotopic (exact) mass is 405 g/mol. The van der Waals surface area contributed by atoms with Gasteiger partial charge in [0.25, 0.3) is 5.91 Å². The van der Waals surface area contributed by atoms with Crippen LogP contribution in [0.2, 0.25) is 5.02 Å². The molecule has 5 nitrogen and oxygen atoms in total. The maximum absolute atomic E-state index is 12.4. The molecule has 4 aromatic rings. The average molecular weight is 406 g/mol. The molecule has 0 spiro atoms. The Hall–Kier alpha value is -3.31. The fourth-order valence-electron chi connectivity index (χ4n) is 3.36. The first-order valence-corrected chi connectivity index (χ1v) is 9.49. The van der Waals surface area contributed by atoms with Crippen LogP contribution in [0.5, 0.6) is 5.75 Å². The highest BCUT2D eigenvalue weighted by Gasteiger charge is 2.16. The van der Waals surface area contributed by atoms with Gasteiger partial charge in [0.15, 0.2) is 0 Å². The molecule has 146 valence electrons. The Morgan fingerprint density at radius 1 is 1.07 bits per heavy atom. The summed E-state index contributed by atoms with van der Waals surface area (Å²) in [6, 6.07) is 15.4. The minimum absolute atomic E-state index is 0.137. The standard InChI is InChI=1S/C23H20ClN3O2/c1-27(2)23(28)18-10-14(8-9-20(18)24)15-11-17-19(13-26-22(17)25-12-15)16-6-4-5-7-21(16)29-3/h4-13H,1-3H3,(H,25,26). The van der Waals surface area contributed by atoms with E-state index < -0.39 is 0 Å². The Kier molecular flexibility index (Phi) is 4.99. The van der Waals surface area contributed by atoms with Crippen molar-refractivity contribution in [3.05, 3.63) is 71.5 Å². The summed E-state index contributed by atoms with van der Waals surface area (Å²) in [6.45, 7) is 0. The van der Waals surface area contributed by atoms with E-state index in [1.54, 1.807) is 33.5 Å². The van der Waals surface area contributed by atoms with Gasteiger partial charge in [0.2, 0.25) is 0 Å². The van der Waals surface area contributed by atoms with Gasteiger partial charge in [-0.25, -0.2) is 4.98 Å². The third-order valence-corrected chi connectivity index (χ3v) is 5.19. The van der Waals surface area contributed by atoms with Gasteiger partial charge in [-0.05, 0) is 29.8 Å². The molecule has 0 bridgehead atoms. The predicted octanol–water partition coefficient (Wildman–Crippen LogP) is 5.26. The number of amides is 1. The lowest BCUT2D eigenvalue weighted by atomic mass is 10.0. The topological polar surface area (TPSA) is 58.2 Å². The van der Waals surface area contributed by atoms with Crippen molar-refractivity contribution in [2.24, 2.45) is 0 Å². The summed E-state index contributed by atoms with van der Waals surface area (Å²) >= 11 is 6.26. The summed E-state index contributed by atoms with van der Waals surface area (Å²) in [5.74, 6) is 0.659. The molecule has 0 aliphatic carbocycles. The van der Waals surface area contributed by atoms with Crippen LogP contribution in [0.1, 0.15) is 10.4 Å². The van der Waals surface area contributed by atoms with Gasteiger partial charge in [-0.3, -0.25) is 4.79 Å². The Morgan fingerprint density at radius 2 is 1.86 bits per heavy atom. The maximum atomic E-state index is 12.4. The van der Waals surface area contributed by atoms with Gasteiger partial charge in [-0.1, -0.05) is 35.9 Å². The number of H-pyrrole nitrogens is 1. The van der Waals surface area contributed by atoms with Crippen LogP contribution in [0.25, 0.3) is 33.3 Å². The quantitative estimate of drug-likeness (QED) is 0.503. The summed E-state index contributed by atoms with van der Waals surface area (Å²) in [5.41, 5.74) is 5.02. The normalized spacial score (nSPS) is 10.9. The number of fused-ring (bicyclic) bond motifs is 1. The van der Waals surface area contributed by atoms with Crippen molar-refractivity contribution < 1.29 is 9.53 Å². The van der Waals surface area contributed by atoms with E-state index >= 15 is 0 Å². The average Bonchev–Trinajstić information content (AvgIpc) is 3.16. The Labute approximate surface area is 173 Å². The largest absolute Gasteiger partial charge is 0.496 e. The van der Waals surface area contributed by atoms with Crippen molar-refractivity contribution in [1.82, 2.24) is 14.9 Å². The number of para-hydroxylation sites is 1. The smallest absolute Gasteiger partial charge is 0.254 e. The molecule has 0 aliphatic heterocycles. The number of rotatable bonds is 4. The highest BCUT2D eigenvalue weighted by molar-refractivity contribution is 6.34. The van der Waals surface area contributed by atoms with Gasteiger partial charge in [0.05, 0.1) is 17.7 Å². The molecule has 1 amide bonds. The lowest BCUT2D eigenvalue weighted by molar-refractivity contribution is 0.0828. The van der Waals surface area contributed by atoms with Crippen LogP contribution in [0.15, 0.2) is 60.9 Å². The van der Waals surface area contributed by atoms with Crippen molar-refractivity contribution in [2.45, 2.75) is 0 Å². The number of aromatic nitrogens is 2. The molecule has 0 aliphatic rings. The second-order valence-electron chi connectivity index (χ2n) is 6.92. The summed E-state index contributed by atoms with van der Waals surface area (Å²) in [4.78, 5) is 21.7. The number of carbonyl (C=O) groups is 1. The lowest BCUT2D eigenvalue weighted by Crippen LogP contribution is -2.22. The van der Waals surface area contributed by atoms with Crippen molar-refractivity contribution in [3.63, 3.8) is 0 Å². The van der Waals surface area contributed by atoms with Crippen LogP contribution in [0, 0.1) is 0 Å². The number of hydrogen-bond acceptors (Lipinski definition) is 3. The number of nitrogens with zero attached hydrogens (tertiary/aromatic N) is 2. The molecule has 2 aromatic carbocycles. The number of benzene rings is 2. The van der Waals surface area contributed by atoms with E-state index in [1.807, 2.05) is 42.6 Å². The van der Waals surface area contributed by atoms with E-state index in [0.29, 0.717) is 10.6 Å². The van der Waals surface area contributed by atoms with Crippen LogP contribution in [-0.4, -0.2) is 42.0 Å². The Morgan fingerprint density at radius 3 is 2.62 bits per heavy atom. The van der Waals surface area contributed by atoms with Gasteiger partial charge in [0.1, 0.15) is 11.4 Å². The molecule has 4 rings (SSSR count). The van der Waals surface area contributed by atoms with Crippen molar-refractivity contribution in [2.75, 3.05) is 21.2 Å². The van der Waals surface area contributed by atoms with Crippen LogP contribution in [0.3, 0.4) is 0 Å². The number of ether oxygens (including phenoxy) is 1. The third-order valence-electron chi connectivity index (χ3n) is 4.86. The number of hydrogen-bond donors (Lipinski definition) is 1. The zero-order valence-electron chi connectivity index (χ0n) is 16.4. The minimum atomic E-state index is -0.137. The second-order valence-corrected chi connectivity index (χ2v) is 7.32. The minimum Gasteiger partial charge on any atom is -0.496 e. The third kappa shape index (κ3) is 3.45. The highest BCUT2D eigenvalue weighted by atomic mass is 35.5. The molecule has 0 unspecified atom stereocenters. The lowest BCUT2D eigenvalue weighted by Gasteiger charge is -2.13. The number of aromatic amines is 1. The molecule has 6 heteroatoms. The molecule has 0 fully saturated rings. The molecule has 0 radical (unpaired) electrons. The fourth-order valence-corrected chi connectivity index (χ4v) is 3.56. The summed E-state index contributed by atoms with van der Waals surface area (Å²) < 4.78 is 5.52. The van der Waals surface area contributed by atoms with E-state index in [4.69, 9.17) is 16.3 Å². The van der Waals surface area contributed by atoms with E-state index in [0.717, 1.165) is 39.0 Å². The van der Waals surface area contributed by atoms with Crippen LogP contribution in [0.4, 0.5) is 0 Å². The predicted molar refractivity (Wildman–Crippen MR) is 117 cm³/mol. The molecule has 2 aromatic heterocycles. The van der Waals surface area contributed by atoms with Gasteiger partial charge in [-0.2, -0.15) is 0 Å². The molecule has 0 saturated carbocycles. The summed E-state index contributed by atoms with van der Waals surface area (Å²) in [5, 5.41) is 1.40. The first kappa shape index (κ1) is 19.0. The highest BCUT2D eigenvalue weighted by Crippen LogP contribution is 2.36. The van der Waals surface area contributed by atoms with Gasteiger partial charge in [-0.15, -0.1) is 0 Å². The number of nitrogens with one attached hydrogen (secondary N) is 1. The fraction of sp³-hybridized carbons (Fsp3) is 0.130. The summed E-state index contributed by atoms with van der Waals surface area (Å²) in [6.07, 6.45) is 3.72. The van der Waals surface area contributed by atoms with E-state index in [-0.39, 0.29) is 5.91 Å². The molecule has 2 heterocycles. The zero-order valence-corrected chi connectivity index (χ0v) is 17.1. The number of pyridine rings is 1. The second kappa shape index (κ2) is 7.60. The Bertz CT molecular complexity index is 1210. The molecule has 0 atom stereocenters. The number of methoxy groups -OCH3 is 1. The molecule has 29 heavy (non-hydrogen) atoms.